The summed E-state index contributed by atoms with van der Waals surface area (Å²) in [6.07, 6.45) is 3.03. The van der Waals surface area contributed by atoms with Gasteiger partial charge in [-0.1, -0.05) is 24.6 Å². The van der Waals surface area contributed by atoms with Gasteiger partial charge in [-0.3, -0.25) is 0 Å². The van der Waals surface area contributed by atoms with Crippen LogP contribution in [-0.2, 0) is 6.42 Å². The van der Waals surface area contributed by atoms with Crippen molar-refractivity contribution in [1.82, 2.24) is 5.16 Å². The third-order valence-electron chi connectivity index (χ3n) is 3.39. The van der Waals surface area contributed by atoms with Gasteiger partial charge < -0.3 is 19.7 Å². The van der Waals surface area contributed by atoms with Crippen LogP contribution in [0.3, 0.4) is 0 Å². The molecule has 0 amide bonds. The number of ether oxygens (including phenoxy) is 2. The van der Waals surface area contributed by atoms with Gasteiger partial charge in [0.15, 0.2) is 11.5 Å². The zero-order valence-corrected chi connectivity index (χ0v) is 11.5. The molecule has 1 aliphatic rings. The van der Waals surface area contributed by atoms with Gasteiger partial charge in [-0.05, 0) is 30.5 Å². The molecule has 5 nitrogen and oxygen atoms in total. The highest BCUT2D eigenvalue weighted by molar-refractivity contribution is 5.77. The molecule has 106 valence electrons. The molecule has 20 heavy (non-hydrogen) atoms. The van der Waals surface area contributed by atoms with E-state index in [9.17, 15) is 0 Å². The Hall–Kier alpha value is -2.17. The Balaban J connectivity index is 1.98. The molecule has 0 aliphatic carbocycles. The van der Waals surface area contributed by atoms with E-state index in [1.165, 1.54) is 0 Å². The van der Waals surface area contributed by atoms with Gasteiger partial charge in [-0.25, -0.2) is 0 Å². The number of anilines is 1. The molecule has 0 fully saturated rings. The first-order chi connectivity index (χ1) is 9.79. The summed E-state index contributed by atoms with van der Waals surface area (Å²) in [5, 5.41) is 4.07. The van der Waals surface area contributed by atoms with Crippen LogP contribution < -0.4 is 15.2 Å². The number of nitrogen functional groups attached to an aromatic ring is 1. The quantitative estimate of drug-likeness (QED) is 0.927. The minimum absolute atomic E-state index is 0.354. The molecule has 2 aromatic rings. The monoisotopic (exact) mass is 274 g/mol. The average Bonchev–Trinajstić information content (AvgIpc) is 2.85. The lowest BCUT2D eigenvalue weighted by Gasteiger charge is -2.18. The van der Waals surface area contributed by atoms with E-state index >= 15 is 0 Å². The molecule has 2 heterocycles. The topological polar surface area (TPSA) is 70.5 Å². The molecule has 0 saturated carbocycles. The number of nitrogens with two attached hydrogens (primary N) is 1. The predicted octanol–water partition coefficient (Wildman–Crippen LogP) is 3.04. The van der Waals surface area contributed by atoms with E-state index in [4.69, 9.17) is 19.7 Å². The van der Waals surface area contributed by atoms with Gasteiger partial charge in [0, 0.05) is 0 Å². The first-order valence-corrected chi connectivity index (χ1v) is 6.93. The number of unbranched alkanes of at least 4 members (excludes halogenated alkanes) is 1. The van der Waals surface area contributed by atoms with Crippen molar-refractivity contribution in [1.29, 1.82) is 0 Å². The maximum atomic E-state index is 5.92. The highest BCUT2D eigenvalue weighted by Gasteiger charge is 2.18. The second-order valence-electron chi connectivity index (χ2n) is 4.83. The van der Waals surface area contributed by atoms with E-state index in [-0.39, 0.29) is 0 Å². The second-order valence-corrected chi connectivity index (χ2v) is 4.83. The maximum Gasteiger partial charge on any atom is 0.230 e. The fourth-order valence-corrected chi connectivity index (χ4v) is 2.36. The number of rotatable bonds is 4. The molecule has 0 unspecified atom stereocenters. The third-order valence-corrected chi connectivity index (χ3v) is 3.39. The molecule has 0 bridgehead atoms. The molecule has 0 saturated heterocycles. The van der Waals surface area contributed by atoms with Gasteiger partial charge >= 0.3 is 0 Å². The van der Waals surface area contributed by atoms with Crippen LogP contribution in [0, 0.1) is 0 Å². The molecule has 3 rings (SSSR count). The number of aromatic nitrogens is 1. The first-order valence-electron chi connectivity index (χ1n) is 6.93. The molecule has 0 atom stereocenters. The Morgan fingerprint density at radius 2 is 2.00 bits per heavy atom. The van der Waals surface area contributed by atoms with Crippen molar-refractivity contribution < 1.29 is 14.0 Å². The van der Waals surface area contributed by atoms with Crippen molar-refractivity contribution in [2.45, 2.75) is 26.2 Å². The molecular weight excluding hydrogens is 256 g/mol. The molecule has 5 heteroatoms. The highest BCUT2D eigenvalue weighted by Crippen LogP contribution is 2.38. The molecule has 2 N–H and O–H groups in total. The maximum absolute atomic E-state index is 5.92. The smallest absolute Gasteiger partial charge is 0.230 e. The van der Waals surface area contributed by atoms with Crippen molar-refractivity contribution in [3.05, 3.63) is 23.9 Å². The predicted molar refractivity (Wildman–Crippen MR) is 76.0 cm³/mol. The van der Waals surface area contributed by atoms with Gasteiger partial charge in [0.05, 0.1) is 11.3 Å². The summed E-state index contributed by atoms with van der Waals surface area (Å²) in [4.78, 5) is 0. The summed E-state index contributed by atoms with van der Waals surface area (Å²) >= 11 is 0. The number of nitrogens with zero attached hydrogens (tertiary/aromatic N) is 1. The Morgan fingerprint density at radius 1 is 1.20 bits per heavy atom. The summed E-state index contributed by atoms with van der Waals surface area (Å²) in [6, 6.07) is 5.80. The number of benzene rings is 1. The van der Waals surface area contributed by atoms with Gasteiger partial charge in [0.1, 0.15) is 13.2 Å². The normalized spacial score (nSPS) is 13.4. The SMILES string of the molecule is CCCCc1noc(N)c1-c1ccc2c(c1)OCCO2. The minimum atomic E-state index is 0.354. The lowest BCUT2D eigenvalue weighted by Crippen LogP contribution is -2.15. The van der Waals surface area contributed by atoms with E-state index in [1.54, 1.807) is 0 Å². The van der Waals surface area contributed by atoms with Crippen molar-refractivity contribution in [3.63, 3.8) is 0 Å². The molecular formula is C15H18N2O3. The first kappa shape index (κ1) is 12.8. The van der Waals surface area contributed by atoms with Gasteiger partial charge in [0.2, 0.25) is 5.88 Å². The number of aryl methyl sites for hydroxylation is 1. The van der Waals surface area contributed by atoms with Crippen LogP contribution >= 0.6 is 0 Å². The summed E-state index contributed by atoms with van der Waals surface area (Å²) in [5.41, 5.74) is 8.65. The minimum Gasteiger partial charge on any atom is -0.486 e. The Labute approximate surface area is 117 Å². The lowest BCUT2D eigenvalue weighted by molar-refractivity contribution is 0.171. The summed E-state index contributed by atoms with van der Waals surface area (Å²) in [6.45, 7) is 3.30. The lowest BCUT2D eigenvalue weighted by atomic mass is 10.0. The molecule has 0 spiro atoms. The van der Waals surface area contributed by atoms with Crippen LogP contribution in [0.1, 0.15) is 25.5 Å². The van der Waals surface area contributed by atoms with Crippen LogP contribution in [0.4, 0.5) is 5.88 Å². The highest BCUT2D eigenvalue weighted by atomic mass is 16.6. The van der Waals surface area contributed by atoms with Crippen LogP contribution in [0.5, 0.6) is 11.5 Å². The van der Waals surface area contributed by atoms with E-state index in [0.29, 0.717) is 19.1 Å². The molecule has 1 aliphatic heterocycles. The second kappa shape index (κ2) is 5.45. The van der Waals surface area contributed by atoms with Crippen LogP contribution in [-0.4, -0.2) is 18.4 Å². The fourth-order valence-electron chi connectivity index (χ4n) is 2.36. The van der Waals surface area contributed by atoms with Gasteiger partial charge in [-0.15, -0.1) is 0 Å². The van der Waals surface area contributed by atoms with E-state index in [0.717, 1.165) is 47.6 Å². The Morgan fingerprint density at radius 3 is 2.80 bits per heavy atom. The van der Waals surface area contributed by atoms with Crippen LogP contribution in [0.15, 0.2) is 22.7 Å². The molecule has 1 aromatic carbocycles. The van der Waals surface area contributed by atoms with Crippen molar-refractivity contribution in [2.24, 2.45) is 0 Å². The van der Waals surface area contributed by atoms with Crippen molar-refractivity contribution in [2.75, 3.05) is 18.9 Å². The van der Waals surface area contributed by atoms with Gasteiger partial charge in [0.25, 0.3) is 0 Å². The van der Waals surface area contributed by atoms with Crippen LogP contribution in [0.25, 0.3) is 11.1 Å². The van der Waals surface area contributed by atoms with Crippen molar-refractivity contribution >= 4 is 5.88 Å². The Bertz CT molecular complexity index is 607. The van der Waals surface area contributed by atoms with E-state index < -0.39 is 0 Å². The zero-order chi connectivity index (χ0) is 13.9. The summed E-state index contributed by atoms with van der Waals surface area (Å²) in [5.74, 6) is 1.87. The van der Waals surface area contributed by atoms with Gasteiger partial charge in [-0.2, -0.15) is 0 Å². The summed E-state index contributed by atoms with van der Waals surface area (Å²) in [7, 11) is 0. The fraction of sp³-hybridized carbons (Fsp3) is 0.400. The largest absolute Gasteiger partial charge is 0.486 e. The number of hydrogen-bond donors (Lipinski definition) is 1. The Kier molecular flexibility index (Phi) is 3.50. The van der Waals surface area contributed by atoms with Crippen LogP contribution in [0.2, 0.25) is 0 Å². The third kappa shape index (κ3) is 2.31. The van der Waals surface area contributed by atoms with E-state index in [2.05, 4.69) is 12.1 Å². The van der Waals surface area contributed by atoms with Crippen molar-refractivity contribution in [3.8, 4) is 22.6 Å². The number of fused-ring (bicyclic) bond motifs is 1. The van der Waals surface area contributed by atoms with E-state index in [1.807, 2.05) is 18.2 Å². The molecule has 1 aromatic heterocycles. The zero-order valence-electron chi connectivity index (χ0n) is 11.5. The standard InChI is InChI=1S/C15H18N2O3/c1-2-3-4-11-14(15(16)20-17-11)10-5-6-12-13(9-10)19-8-7-18-12/h5-6,9H,2-4,7-8,16H2,1H3. The molecule has 0 radical (unpaired) electrons. The number of hydrogen-bond acceptors (Lipinski definition) is 5. The average molecular weight is 274 g/mol. The summed E-state index contributed by atoms with van der Waals surface area (Å²) < 4.78 is 16.3.